The van der Waals surface area contributed by atoms with E-state index in [2.05, 4.69) is 21.4 Å². The number of carbonyl (C=O) groups is 1. The van der Waals surface area contributed by atoms with Crippen LogP contribution < -0.4 is 0 Å². The van der Waals surface area contributed by atoms with E-state index in [-0.39, 0.29) is 11.8 Å². The average molecular weight is 364 g/mol. The number of pyridine rings is 1. The Bertz CT molecular complexity index is 895. The topological polar surface area (TPSA) is 59.0 Å². The molecule has 1 amide bonds. The molecule has 132 valence electrons. The number of thiophene rings is 1. The molecule has 1 aliphatic heterocycles. The van der Waals surface area contributed by atoms with Gasteiger partial charge in [0.05, 0.1) is 10.6 Å². The fourth-order valence-electron chi connectivity index (χ4n) is 3.35. The van der Waals surface area contributed by atoms with Gasteiger partial charge in [-0.05, 0) is 49.4 Å². The zero-order valence-corrected chi connectivity index (χ0v) is 15.4. The van der Waals surface area contributed by atoms with E-state index in [1.165, 1.54) is 0 Å². The van der Waals surface area contributed by atoms with Crippen LogP contribution in [-0.4, -0.2) is 38.8 Å². The minimum absolute atomic E-state index is 0.0126. The summed E-state index contributed by atoms with van der Waals surface area (Å²) in [5.74, 6) is 0.989. The number of hydrogen-bond donors (Lipinski definition) is 0. The van der Waals surface area contributed by atoms with Crippen molar-refractivity contribution in [2.24, 2.45) is 0 Å². The van der Waals surface area contributed by atoms with Crippen molar-refractivity contribution >= 4 is 17.2 Å². The summed E-state index contributed by atoms with van der Waals surface area (Å²) in [6.45, 7) is 3.40. The van der Waals surface area contributed by atoms with Crippen molar-refractivity contribution in [3.63, 3.8) is 0 Å². The number of aryl methyl sites for hydroxylation is 1. The summed E-state index contributed by atoms with van der Waals surface area (Å²) in [6.07, 6.45) is 3.61. The molecule has 1 fully saturated rings. The fraction of sp³-hybridized carbons (Fsp3) is 0.300. The Morgan fingerprint density at radius 2 is 2.15 bits per heavy atom. The molecule has 5 nitrogen and oxygen atoms in total. The molecule has 0 N–H and O–H groups in total. The zero-order chi connectivity index (χ0) is 17.9. The minimum atomic E-state index is -0.0126. The van der Waals surface area contributed by atoms with E-state index in [1.54, 1.807) is 23.6 Å². The van der Waals surface area contributed by atoms with Gasteiger partial charge in [-0.1, -0.05) is 12.1 Å². The number of rotatable bonds is 3. The normalized spacial score (nSPS) is 17.3. The van der Waals surface area contributed by atoms with E-state index in [9.17, 15) is 4.79 Å². The Morgan fingerprint density at radius 1 is 1.23 bits per heavy atom. The lowest BCUT2D eigenvalue weighted by molar-refractivity contribution is 0.0698. The molecular weight excluding hydrogens is 344 g/mol. The first-order valence-corrected chi connectivity index (χ1v) is 9.68. The maximum Gasteiger partial charge on any atom is 0.272 e. The molecule has 3 aromatic heterocycles. The van der Waals surface area contributed by atoms with Gasteiger partial charge in [-0.3, -0.25) is 9.78 Å². The predicted molar refractivity (Wildman–Crippen MR) is 102 cm³/mol. The molecule has 1 aliphatic rings. The molecule has 0 bridgehead atoms. The van der Waals surface area contributed by atoms with Crippen molar-refractivity contribution in [3.8, 4) is 10.6 Å². The van der Waals surface area contributed by atoms with E-state index in [0.29, 0.717) is 12.2 Å². The Hall–Kier alpha value is -2.60. The molecule has 1 unspecified atom stereocenters. The van der Waals surface area contributed by atoms with E-state index in [4.69, 9.17) is 4.98 Å². The lowest BCUT2D eigenvalue weighted by Crippen LogP contribution is -2.39. The summed E-state index contributed by atoms with van der Waals surface area (Å²) >= 11 is 1.68. The first-order valence-electron chi connectivity index (χ1n) is 8.80. The van der Waals surface area contributed by atoms with Gasteiger partial charge in [-0.2, -0.15) is 0 Å². The van der Waals surface area contributed by atoms with Crippen molar-refractivity contribution < 1.29 is 4.79 Å². The highest BCUT2D eigenvalue weighted by Gasteiger charge is 2.28. The Kier molecular flexibility index (Phi) is 4.75. The summed E-state index contributed by atoms with van der Waals surface area (Å²) in [6, 6.07) is 11.6. The summed E-state index contributed by atoms with van der Waals surface area (Å²) in [5, 5.41) is 2.06. The van der Waals surface area contributed by atoms with E-state index in [1.807, 2.05) is 36.1 Å². The maximum absolute atomic E-state index is 12.7. The lowest BCUT2D eigenvalue weighted by atomic mass is 9.96. The molecule has 0 aromatic carbocycles. The van der Waals surface area contributed by atoms with Crippen LogP contribution in [0.5, 0.6) is 0 Å². The molecule has 26 heavy (non-hydrogen) atoms. The molecule has 0 saturated carbocycles. The van der Waals surface area contributed by atoms with Gasteiger partial charge in [-0.25, -0.2) is 9.97 Å². The van der Waals surface area contributed by atoms with Gasteiger partial charge in [-0.15, -0.1) is 11.3 Å². The summed E-state index contributed by atoms with van der Waals surface area (Å²) in [7, 11) is 0. The number of nitrogens with zero attached hydrogens (tertiary/aromatic N) is 4. The Balaban J connectivity index is 1.57. The van der Waals surface area contributed by atoms with Crippen molar-refractivity contribution in [2.75, 3.05) is 13.1 Å². The molecule has 4 rings (SSSR count). The number of aromatic nitrogens is 3. The maximum atomic E-state index is 12.7. The number of carbonyl (C=O) groups excluding carboxylic acids is 1. The molecule has 0 aliphatic carbocycles. The third-order valence-electron chi connectivity index (χ3n) is 4.60. The summed E-state index contributed by atoms with van der Waals surface area (Å²) < 4.78 is 0. The third kappa shape index (κ3) is 3.51. The van der Waals surface area contributed by atoms with Crippen LogP contribution in [0.15, 0.2) is 48.0 Å². The van der Waals surface area contributed by atoms with Gasteiger partial charge in [0.1, 0.15) is 11.5 Å². The molecule has 6 heteroatoms. The van der Waals surface area contributed by atoms with Crippen LogP contribution in [0.1, 0.15) is 40.8 Å². The number of likely N-dealkylation sites (tertiary alicyclic amines) is 1. The van der Waals surface area contributed by atoms with Crippen LogP contribution in [-0.2, 0) is 0 Å². The van der Waals surface area contributed by atoms with E-state index >= 15 is 0 Å². The fourth-order valence-corrected chi connectivity index (χ4v) is 4.03. The van der Waals surface area contributed by atoms with Crippen molar-refractivity contribution in [3.05, 3.63) is 65.2 Å². The number of piperidine rings is 1. The molecule has 0 radical (unpaired) electrons. The van der Waals surface area contributed by atoms with Crippen LogP contribution in [0.2, 0.25) is 0 Å². The van der Waals surface area contributed by atoms with Gasteiger partial charge >= 0.3 is 0 Å². The van der Waals surface area contributed by atoms with Gasteiger partial charge in [0.15, 0.2) is 0 Å². The predicted octanol–water partition coefficient (Wildman–Crippen LogP) is 3.93. The van der Waals surface area contributed by atoms with Crippen LogP contribution in [0.3, 0.4) is 0 Å². The van der Waals surface area contributed by atoms with Gasteiger partial charge in [0, 0.05) is 30.9 Å². The van der Waals surface area contributed by atoms with E-state index in [0.717, 1.165) is 41.5 Å². The van der Waals surface area contributed by atoms with E-state index < -0.39 is 0 Å². The monoisotopic (exact) mass is 364 g/mol. The first-order chi connectivity index (χ1) is 12.7. The molecule has 4 heterocycles. The standard InChI is InChI=1S/C20H20N4OS/c1-14-12-17(18-8-5-11-26-18)23-19(22-14)15-6-4-10-24(13-15)20(25)16-7-2-3-9-21-16/h2-3,5,7-9,11-12,15H,4,6,10,13H2,1H3. The second kappa shape index (κ2) is 7.33. The lowest BCUT2D eigenvalue weighted by Gasteiger charge is -2.32. The first kappa shape index (κ1) is 16.8. The minimum Gasteiger partial charge on any atom is -0.337 e. The van der Waals surface area contributed by atoms with Crippen LogP contribution >= 0.6 is 11.3 Å². The number of hydrogen-bond acceptors (Lipinski definition) is 5. The molecule has 3 aromatic rings. The van der Waals surface area contributed by atoms with Gasteiger partial charge in [0.25, 0.3) is 5.91 Å². The molecule has 1 saturated heterocycles. The van der Waals surface area contributed by atoms with Gasteiger partial charge in [0.2, 0.25) is 0 Å². The van der Waals surface area contributed by atoms with Crippen molar-refractivity contribution in [1.82, 2.24) is 19.9 Å². The molecule has 1 atom stereocenters. The average Bonchev–Trinajstić information content (AvgIpc) is 3.23. The quantitative estimate of drug-likeness (QED) is 0.706. The second-order valence-electron chi connectivity index (χ2n) is 6.54. The van der Waals surface area contributed by atoms with Crippen LogP contribution in [0.25, 0.3) is 10.6 Å². The smallest absolute Gasteiger partial charge is 0.272 e. The Labute approximate surface area is 156 Å². The third-order valence-corrected chi connectivity index (χ3v) is 5.50. The highest BCUT2D eigenvalue weighted by atomic mass is 32.1. The van der Waals surface area contributed by atoms with Crippen molar-refractivity contribution in [2.45, 2.75) is 25.7 Å². The summed E-state index contributed by atoms with van der Waals surface area (Å²) in [5.41, 5.74) is 2.43. The van der Waals surface area contributed by atoms with Crippen LogP contribution in [0.4, 0.5) is 0 Å². The molecule has 0 spiro atoms. The van der Waals surface area contributed by atoms with Gasteiger partial charge < -0.3 is 4.90 Å². The Morgan fingerprint density at radius 3 is 2.92 bits per heavy atom. The summed E-state index contributed by atoms with van der Waals surface area (Å²) in [4.78, 5) is 29.4. The largest absolute Gasteiger partial charge is 0.337 e. The van der Waals surface area contributed by atoms with Crippen molar-refractivity contribution in [1.29, 1.82) is 0 Å². The second-order valence-corrected chi connectivity index (χ2v) is 7.48. The highest BCUT2D eigenvalue weighted by Crippen LogP contribution is 2.29. The zero-order valence-electron chi connectivity index (χ0n) is 14.6. The highest BCUT2D eigenvalue weighted by molar-refractivity contribution is 7.13. The SMILES string of the molecule is Cc1cc(-c2cccs2)nc(C2CCCN(C(=O)c3ccccn3)C2)n1. The number of amides is 1. The molecular formula is C20H20N4OS. The van der Waals surface area contributed by atoms with Crippen LogP contribution in [0, 0.1) is 6.92 Å².